The van der Waals surface area contributed by atoms with E-state index in [1.807, 2.05) is 31.2 Å². The standard InChI is InChI=1S/C19H17FN4O/c1-13-5-4-6-14(11-13)12-22-18(25)17-9-10-21-19(24-17)23-16-8-3-2-7-15(16)20/h2-11H,12H2,1H3,(H,22,25)(H,21,23,24). The summed E-state index contributed by atoms with van der Waals surface area (Å²) < 4.78 is 13.7. The second-order valence-corrected chi connectivity index (χ2v) is 5.54. The molecular formula is C19H17FN4O. The zero-order valence-corrected chi connectivity index (χ0v) is 13.7. The predicted octanol–water partition coefficient (Wildman–Crippen LogP) is 3.60. The summed E-state index contributed by atoms with van der Waals surface area (Å²) in [5, 5.41) is 5.59. The summed E-state index contributed by atoms with van der Waals surface area (Å²) in [4.78, 5) is 20.4. The number of benzene rings is 2. The predicted molar refractivity (Wildman–Crippen MR) is 94.1 cm³/mol. The number of halogens is 1. The Morgan fingerprint density at radius 3 is 2.76 bits per heavy atom. The number of aryl methyl sites for hydroxylation is 1. The molecule has 2 N–H and O–H groups in total. The highest BCUT2D eigenvalue weighted by Gasteiger charge is 2.10. The SMILES string of the molecule is Cc1cccc(CNC(=O)c2ccnc(Nc3ccccc3F)n2)c1. The van der Waals surface area contributed by atoms with Gasteiger partial charge in [-0.1, -0.05) is 42.0 Å². The third kappa shape index (κ3) is 4.38. The van der Waals surface area contributed by atoms with E-state index in [0.29, 0.717) is 6.54 Å². The molecule has 126 valence electrons. The largest absolute Gasteiger partial charge is 0.347 e. The van der Waals surface area contributed by atoms with E-state index in [1.165, 1.54) is 18.3 Å². The average Bonchev–Trinajstić information content (AvgIpc) is 2.62. The van der Waals surface area contributed by atoms with Gasteiger partial charge in [-0.05, 0) is 30.7 Å². The van der Waals surface area contributed by atoms with Gasteiger partial charge in [-0.2, -0.15) is 0 Å². The number of anilines is 2. The number of nitrogens with zero attached hydrogens (tertiary/aromatic N) is 2. The monoisotopic (exact) mass is 336 g/mol. The van der Waals surface area contributed by atoms with Gasteiger partial charge in [0, 0.05) is 12.7 Å². The summed E-state index contributed by atoms with van der Waals surface area (Å²) in [6, 6.07) is 15.6. The van der Waals surface area contributed by atoms with Crippen molar-refractivity contribution in [1.82, 2.24) is 15.3 Å². The second kappa shape index (κ2) is 7.53. The maximum Gasteiger partial charge on any atom is 0.270 e. The van der Waals surface area contributed by atoms with Crippen LogP contribution in [0, 0.1) is 12.7 Å². The molecule has 0 aliphatic carbocycles. The highest BCUT2D eigenvalue weighted by atomic mass is 19.1. The van der Waals surface area contributed by atoms with Crippen molar-refractivity contribution in [3.05, 3.63) is 83.4 Å². The van der Waals surface area contributed by atoms with Crippen LogP contribution in [0.15, 0.2) is 60.8 Å². The van der Waals surface area contributed by atoms with Gasteiger partial charge in [0.05, 0.1) is 5.69 Å². The number of amides is 1. The van der Waals surface area contributed by atoms with Crippen LogP contribution in [0.5, 0.6) is 0 Å². The van der Waals surface area contributed by atoms with Gasteiger partial charge < -0.3 is 10.6 Å². The molecule has 25 heavy (non-hydrogen) atoms. The Bertz CT molecular complexity index is 898. The molecule has 0 unspecified atom stereocenters. The van der Waals surface area contributed by atoms with E-state index < -0.39 is 5.82 Å². The summed E-state index contributed by atoms with van der Waals surface area (Å²) in [6.45, 7) is 2.40. The first-order valence-corrected chi connectivity index (χ1v) is 7.80. The Morgan fingerprint density at radius 2 is 1.96 bits per heavy atom. The highest BCUT2D eigenvalue weighted by Crippen LogP contribution is 2.16. The topological polar surface area (TPSA) is 66.9 Å². The molecule has 3 aromatic rings. The van der Waals surface area contributed by atoms with Gasteiger partial charge in [0.15, 0.2) is 0 Å². The van der Waals surface area contributed by atoms with Crippen molar-refractivity contribution < 1.29 is 9.18 Å². The van der Waals surface area contributed by atoms with Crippen molar-refractivity contribution in [2.45, 2.75) is 13.5 Å². The van der Waals surface area contributed by atoms with Gasteiger partial charge in [0.25, 0.3) is 5.91 Å². The van der Waals surface area contributed by atoms with Crippen molar-refractivity contribution in [2.24, 2.45) is 0 Å². The van der Waals surface area contributed by atoms with E-state index in [1.54, 1.807) is 18.2 Å². The fraction of sp³-hybridized carbons (Fsp3) is 0.105. The van der Waals surface area contributed by atoms with Crippen molar-refractivity contribution in [1.29, 1.82) is 0 Å². The first-order chi connectivity index (χ1) is 12.1. The summed E-state index contributed by atoms with van der Waals surface area (Å²) >= 11 is 0. The third-order valence-corrected chi connectivity index (χ3v) is 3.54. The zero-order valence-electron chi connectivity index (χ0n) is 13.7. The van der Waals surface area contributed by atoms with Crippen LogP contribution in [-0.2, 0) is 6.54 Å². The lowest BCUT2D eigenvalue weighted by atomic mass is 10.1. The first kappa shape index (κ1) is 16.6. The van der Waals surface area contributed by atoms with Crippen LogP contribution < -0.4 is 10.6 Å². The lowest BCUT2D eigenvalue weighted by Crippen LogP contribution is -2.24. The number of carbonyl (C=O) groups excluding carboxylic acids is 1. The summed E-state index contributed by atoms with van der Waals surface area (Å²) in [6.07, 6.45) is 1.46. The van der Waals surface area contributed by atoms with Gasteiger partial charge in [0.2, 0.25) is 5.95 Å². The fourth-order valence-electron chi connectivity index (χ4n) is 2.32. The molecule has 6 heteroatoms. The van der Waals surface area contributed by atoms with Gasteiger partial charge in [-0.25, -0.2) is 14.4 Å². The number of carbonyl (C=O) groups is 1. The molecule has 0 saturated carbocycles. The second-order valence-electron chi connectivity index (χ2n) is 5.54. The highest BCUT2D eigenvalue weighted by molar-refractivity contribution is 5.92. The third-order valence-electron chi connectivity index (χ3n) is 3.54. The molecule has 2 aromatic carbocycles. The van der Waals surface area contributed by atoms with Crippen molar-refractivity contribution in [2.75, 3.05) is 5.32 Å². The minimum absolute atomic E-state index is 0.160. The zero-order chi connectivity index (χ0) is 17.6. The van der Waals surface area contributed by atoms with Crippen molar-refractivity contribution >= 4 is 17.5 Å². The summed E-state index contributed by atoms with van der Waals surface area (Å²) in [7, 11) is 0. The number of para-hydroxylation sites is 1. The molecule has 0 aliphatic rings. The molecule has 0 saturated heterocycles. The minimum Gasteiger partial charge on any atom is -0.347 e. The molecule has 0 fully saturated rings. The van der Waals surface area contributed by atoms with Gasteiger partial charge >= 0.3 is 0 Å². The number of aromatic nitrogens is 2. The maximum atomic E-state index is 13.7. The van der Waals surface area contributed by atoms with Crippen LogP contribution in [0.4, 0.5) is 16.0 Å². The average molecular weight is 336 g/mol. The number of nitrogens with one attached hydrogen (secondary N) is 2. The maximum absolute atomic E-state index is 13.7. The molecule has 3 rings (SSSR count). The molecule has 0 bridgehead atoms. The molecule has 5 nitrogen and oxygen atoms in total. The van der Waals surface area contributed by atoms with Crippen LogP contribution in [-0.4, -0.2) is 15.9 Å². The van der Waals surface area contributed by atoms with Crippen LogP contribution in [0.2, 0.25) is 0 Å². The number of hydrogen-bond acceptors (Lipinski definition) is 4. The smallest absolute Gasteiger partial charge is 0.270 e. The van der Waals surface area contributed by atoms with Gasteiger partial charge in [-0.15, -0.1) is 0 Å². The molecule has 1 aromatic heterocycles. The first-order valence-electron chi connectivity index (χ1n) is 7.80. The summed E-state index contributed by atoms with van der Waals surface area (Å²) in [5.41, 5.74) is 2.60. The fourth-order valence-corrected chi connectivity index (χ4v) is 2.32. The van der Waals surface area contributed by atoms with Crippen molar-refractivity contribution in [3.63, 3.8) is 0 Å². The van der Waals surface area contributed by atoms with Gasteiger partial charge in [-0.3, -0.25) is 4.79 Å². The normalized spacial score (nSPS) is 10.3. The molecule has 0 atom stereocenters. The molecule has 0 aliphatic heterocycles. The molecule has 1 amide bonds. The van der Waals surface area contributed by atoms with E-state index >= 15 is 0 Å². The molecular weight excluding hydrogens is 319 g/mol. The Labute approximate surface area is 145 Å². The number of rotatable bonds is 5. The van der Waals surface area contributed by atoms with Crippen molar-refractivity contribution in [3.8, 4) is 0 Å². The Balaban J connectivity index is 1.68. The van der Waals surface area contributed by atoms with E-state index in [0.717, 1.165) is 11.1 Å². The Hall–Kier alpha value is -3.28. The minimum atomic E-state index is -0.416. The van der Waals surface area contributed by atoms with Crippen LogP contribution in [0.1, 0.15) is 21.6 Å². The van der Waals surface area contributed by atoms with Crippen LogP contribution >= 0.6 is 0 Å². The van der Waals surface area contributed by atoms with Crippen LogP contribution in [0.25, 0.3) is 0 Å². The van der Waals surface area contributed by atoms with E-state index in [4.69, 9.17) is 0 Å². The van der Waals surface area contributed by atoms with Crippen LogP contribution in [0.3, 0.4) is 0 Å². The lowest BCUT2D eigenvalue weighted by Gasteiger charge is -2.08. The van der Waals surface area contributed by atoms with Gasteiger partial charge in [0.1, 0.15) is 11.5 Å². The molecule has 1 heterocycles. The lowest BCUT2D eigenvalue weighted by molar-refractivity contribution is 0.0946. The summed E-state index contributed by atoms with van der Waals surface area (Å²) in [5.74, 6) is -0.575. The van der Waals surface area contributed by atoms with E-state index in [9.17, 15) is 9.18 Å². The Morgan fingerprint density at radius 1 is 1.12 bits per heavy atom. The molecule has 0 radical (unpaired) electrons. The Kier molecular flexibility index (Phi) is 4.99. The quantitative estimate of drug-likeness (QED) is 0.747. The molecule has 0 spiro atoms. The number of hydrogen-bond donors (Lipinski definition) is 2. The van der Waals surface area contributed by atoms with E-state index in [2.05, 4.69) is 20.6 Å². The van der Waals surface area contributed by atoms with E-state index in [-0.39, 0.29) is 23.2 Å².